The van der Waals surface area contributed by atoms with Gasteiger partial charge in [0, 0.05) is 4.47 Å². The first-order chi connectivity index (χ1) is 13.4. The van der Waals surface area contributed by atoms with Gasteiger partial charge in [0.15, 0.2) is 12.3 Å². The van der Waals surface area contributed by atoms with E-state index in [9.17, 15) is 14.7 Å². The van der Waals surface area contributed by atoms with Crippen LogP contribution in [0.3, 0.4) is 0 Å². The molecule has 0 saturated heterocycles. The molecule has 3 rings (SSSR count). The number of aromatic carboxylic acids is 1. The molecule has 0 aliphatic carbocycles. The Balaban J connectivity index is 1.71. The maximum absolute atomic E-state index is 12.2. The summed E-state index contributed by atoms with van der Waals surface area (Å²) >= 11 is 3.32. The number of carbonyl (C=O) groups is 2. The highest BCUT2D eigenvalue weighted by Gasteiger charge is 2.20. The molecule has 1 heterocycles. The SMILES string of the molecule is CC(c1ccccc1)n1cc(NC(=O)COc2ccc(Br)cc2)c(C(=O)O)n1. The summed E-state index contributed by atoms with van der Waals surface area (Å²) < 4.78 is 7.83. The third-order valence-corrected chi connectivity index (χ3v) is 4.60. The monoisotopic (exact) mass is 443 g/mol. The lowest BCUT2D eigenvalue weighted by Crippen LogP contribution is -2.21. The average Bonchev–Trinajstić information content (AvgIpc) is 3.11. The Morgan fingerprint density at radius 1 is 1.18 bits per heavy atom. The minimum absolute atomic E-state index is 0.125. The number of rotatable bonds is 7. The molecule has 1 unspecified atom stereocenters. The molecule has 28 heavy (non-hydrogen) atoms. The summed E-state index contributed by atoms with van der Waals surface area (Å²) in [6.07, 6.45) is 1.51. The van der Waals surface area contributed by atoms with E-state index >= 15 is 0 Å². The van der Waals surface area contributed by atoms with Gasteiger partial charge < -0.3 is 15.2 Å². The van der Waals surface area contributed by atoms with Crippen molar-refractivity contribution in [3.63, 3.8) is 0 Å². The molecule has 144 valence electrons. The Morgan fingerprint density at radius 2 is 1.86 bits per heavy atom. The van der Waals surface area contributed by atoms with Gasteiger partial charge in [0.05, 0.1) is 17.9 Å². The fourth-order valence-corrected chi connectivity index (χ4v) is 2.85. The number of carboxylic acid groups (broad SMARTS) is 1. The van der Waals surface area contributed by atoms with Crippen molar-refractivity contribution in [3.8, 4) is 5.75 Å². The third kappa shape index (κ3) is 4.77. The van der Waals surface area contributed by atoms with E-state index in [1.807, 2.05) is 37.3 Å². The number of hydrogen-bond donors (Lipinski definition) is 2. The number of amides is 1. The molecule has 0 aliphatic rings. The fourth-order valence-electron chi connectivity index (χ4n) is 2.59. The van der Waals surface area contributed by atoms with Crippen LogP contribution in [0.5, 0.6) is 5.75 Å². The summed E-state index contributed by atoms with van der Waals surface area (Å²) in [5.41, 5.74) is 0.873. The van der Waals surface area contributed by atoms with E-state index in [1.165, 1.54) is 10.9 Å². The molecule has 1 aromatic heterocycles. The van der Waals surface area contributed by atoms with Crippen molar-refractivity contribution in [1.82, 2.24) is 9.78 Å². The highest BCUT2D eigenvalue weighted by atomic mass is 79.9. The Kier molecular flexibility index (Phi) is 6.10. The Morgan fingerprint density at radius 3 is 2.50 bits per heavy atom. The average molecular weight is 444 g/mol. The smallest absolute Gasteiger partial charge is 0.358 e. The van der Waals surface area contributed by atoms with Gasteiger partial charge in [-0.25, -0.2) is 4.79 Å². The van der Waals surface area contributed by atoms with E-state index in [0.29, 0.717) is 5.75 Å². The van der Waals surface area contributed by atoms with Gasteiger partial charge in [-0.2, -0.15) is 5.10 Å². The fraction of sp³-hybridized carbons (Fsp3) is 0.150. The van der Waals surface area contributed by atoms with Gasteiger partial charge in [-0.1, -0.05) is 46.3 Å². The second-order valence-corrected chi connectivity index (χ2v) is 6.97. The zero-order valence-corrected chi connectivity index (χ0v) is 16.6. The number of nitrogens with zero attached hydrogens (tertiary/aromatic N) is 2. The maximum atomic E-state index is 12.2. The van der Waals surface area contributed by atoms with E-state index in [-0.39, 0.29) is 24.0 Å². The standard InChI is InChI=1S/C20H18BrN3O4/c1-13(14-5-3-2-4-6-14)24-11-17(19(23-24)20(26)27)22-18(25)12-28-16-9-7-15(21)8-10-16/h2-11,13H,12H2,1H3,(H,22,25)(H,26,27). The van der Waals surface area contributed by atoms with E-state index < -0.39 is 11.9 Å². The Hall–Kier alpha value is -3.13. The van der Waals surface area contributed by atoms with Gasteiger partial charge in [-0.15, -0.1) is 0 Å². The molecule has 0 fully saturated rings. The number of carbonyl (C=O) groups excluding carboxylic acids is 1. The molecule has 1 amide bonds. The lowest BCUT2D eigenvalue weighted by atomic mass is 10.1. The van der Waals surface area contributed by atoms with E-state index in [0.717, 1.165) is 10.0 Å². The van der Waals surface area contributed by atoms with E-state index in [2.05, 4.69) is 26.3 Å². The molecular formula is C20H18BrN3O4. The minimum Gasteiger partial charge on any atom is -0.484 e. The van der Waals surface area contributed by atoms with Crippen molar-refractivity contribution in [1.29, 1.82) is 0 Å². The first kappa shape index (κ1) is 19.6. The molecule has 0 saturated carbocycles. The molecule has 2 aromatic carbocycles. The molecule has 0 radical (unpaired) electrons. The predicted molar refractivity (Wildman–Crippen MR) is 108 cm³/mol. The van der Waals surface area contributed by atoms with Crippen LogP contribution < -0.4 is 10.1 Å². The van der Waals surface area contributed by atoms with Crippen molar-refractivity contribution in [2.45, 2.75) is 13.0 Å². The number of carboxylic acids is 1. The van der Waals surface area contributed by atoms with Gasteiger partial charge >= 0.3 is 5.97 Å². The van der Waals surface area contributed by atoms with Crippen LogP contribution in [0.25, 0.3) is 0 Å². The second kappa shape index (κ2) is 8.71. The zero-order chi connectivity index (χ0) is 20.1. The number of benzene rings is 2. The molecule has 0 aliphatic heterocycles. The Labute approximate surface area is 170 Å². The quantitative estimate of drug-likeness (QED) is 0.575. The topological polar surface area (TPSA) is 93.5 Å². The number of aromatic nitrogens is 2. The van der Waals surface area contributed by atoms with Crippen LogP contribution in [-0.4, -0.2) is 33.4 Å². The third-order valence-electron chi connectivity index (χ3n) is 4.07. The van der Waals surface area contributed by atoms with Crippen molar-refractivity contribution in [2.24, 2.45) is 0 Å². The van der Waals surface area contributed by atoms with Gasteiger partial charge in [-0.05, 0) is 36.8 Å². The zero-order valence-electron chi connectivity index (χ0n) is 15.0. The molecular weight excluding hydrogens is 426 g/mol. The van der Waals surface area contributed by atoms with Crippen LogP contribution in [-0.2, 0) is 4.79 Å². The summed E-state index contributed by atoms with van der Waals surface area (Å²) in [6.45, 7) is 1.65. The van der Waals surface area contributed by atoms with Gasteiger partial charge in [-0.3, -0.25) is 9.48 Å². The molecule has 7 nitrogen and oxygen atoms in total. The van der Waals surface area contributed by atoms with Crippen molar-refractivity contribution >= 4 is 33.5 Å². The lowest BCUT2D eigenvalue weighted by molar-refractivity contribution is -0.118. The summed E-state index contributed by atoms with van der Waals surface area (Å²) in [5, 5.41) is 16.1. The normalized spacial score (nSPS) is 11.6. The number of anilines is 1. The maximum Gasteiger partial charge on any atom is 0.358 e. The van der Waals surface area contributed by atoms with Crippen LogP contribution in [0, 0.1) is 0 Å². The molecule has 0 bridgehead atoms. The molecule has 8 heteroatoms. The number of ether oxygens (including phenoxy) is 1. The number of halogens is 1. The summed E-state index contributed by atoms with van der Waals surface area (Å²) in [5.74, 6) is -1.16. The molecule has 0 spiro atoms. The van der Waals surface area contributed by atoms with Crippen LogP contribution in [0.1, 0.15) is 29.0 Å². The summed E-state index contributed by atoms with van der Waals surface area (Å²) in [4.78, 5) is 23.7. The van der Waals surface area contributed by atoms with Crippen molar-refractivity contribution < 1.29 is 19.4 Å². The first-order valence-corrected chi connectivity index (χ1v) is 9.29. The minimum atomic E-state index is -1.22. The van der Waals surface area contributed by atoms with Gasteiger partial charge in [0.1, 0.15) is 5.75 Å². The van der Waals surface area contributed by atoms with Crippen LogP contribution >= 0.6 is 15.9 Å². The number of hydrogen-bond acceptors (Lipinski definition) is 4. The van der Waals surface area contributed by atoms with Crippen LogP contribution in [0.4, 0.5) is 5.69 Å². The van der Waals surface area contributed by atoms with Crippen LogP contribution in [0.15, 0.2) is 65.3 Å². The Bertz CT molecular complexity index is 971. The van der Waals surface area contributed by atoms with E-state index in [1.54, 1.807) is 24.3 Å². The van der Waals surface area contributed by atoms with E-state index in [4.69, 9.17) is 4.74 Å². The van der Waals surface area contributed by atoms with Crippen LogP contribution in [0.2, 0.25) is 0 Å². The first-order valence-electron chi connectivity index (χ1n) is 8.49. The largest absolute Gasteiger partial charge is 0.484 e. The predicted octanol–water partition coefficient (Wildman–Crippen LogP) is 3.97. The molecule has 2 N–H and O–H groups in total. The van der Waals surface area contributed by atoms with Gasteiger partial charge in [0.2, 0.25) is 0 Å². The highest BCUT2D eigenvalue weighted by Crippen LogP contribution is 2.22. The van der Waals surface area contributed by atoms with Crippen molar-refractivity contribution in [3.05, 3.63) is 76.5 Å². The summed E-state index contributed by atoms with van der Waals surface area (Å²) in [6, 6.07) is 16.4. The highest BCUT2D eigenvalue weighted by molar-refractivity contribution is 9.10. The molecule has 1 atom stereocenters. The van der Waals surface area contributed by atoms with Gasteiger partial charge in [0.25, 0.3) is 5.91 Å². The number of nitrogens with one attached hydrogen (secondary N) is 1. The van der Waals surface area contributed by atoms with Crippen molar-refractivity contribution in [2.75, 3.05) is 11.9 Å². The molecule has 3 aromatic rings. The second-order valence-electron chi connectivity index (χ2n) is 6.05. The summed E-state index contributed by atoms with van der Waals surface area (Å²) in [7, 11) is 0. The lowest BCUT2D eigenvalue weighted by Gasteiger charge is -2.12.